The van der Waals surface area contributed by atoms with Crippen LogP contribution in [0, 0.1) is 0 Å². The van der Waals surface area contributed by atoms with Gasteiger partial charge in [0.2, 0.25) is 0 Å². The van der Waals surface area contributed by atoms with Crippen LogP contribution in [-0.4, -0.2) is 40.5 Å². The Kier molecular flexibility index (Phi) is 6.08. The second-order valence-electron chi connectivity index (χ2n) is 3.96. The number of hydrogen-bond acceptors (Lipinski definition) is 4. The van der Waals surface area contributed by atoms with Crippen molar-refractivity contribution in [3.63, 3.8) is 0 Å². The summed E-state index contributed by atoms with van der Waals surface area (Å²) >= 11 is 4.45. The van der Waals surface area contributed by atoms with Crippen molar-refractivity contribution in [2.75, 3.05) is 27.2 Å². The minimum Gasteiger partial charge on any atom is -0.309 e. The minimum absolute atomic E-state index is 0.352. The smallest absolute Gasteiger partial charge is 0.251 e. The van der Waals surface area contributed by atoms with Crippen LogP contribution in [-0.2, 0) is 10.0 Å². The third kappa shape index (κ3) is 5.05. The van der Waals surface area contributed by atoms with Gasteiger partial charge in [-0.25, -0.2) is 13.1 Å². The molecular weight excluding hydrogens is 324 g/mol. The fourth-order valence-electron chi connectivity index (χ4n) is 1.30. The zero-order valence-electron chi connectivity index (χ0n) is 9.94. The van der Waals surface area contributed by atoms with Crippen molar-refractivity contribution in [3.8, 4) is 0 Å². The van der Waals surface area contributed by atoms with E-state index in [4.69, 9.17) is 0 Å². The topological polar surface area (TPSA) is 49.4 Å². The zero-order valence-corrected chi connectivity index (χ0v) is 13.2. The highest BCUT2D eigenvalue weighted by Crippen LogP contribution is 2.27. The Morgan fingerprint density at radius 3 is 2.65 bits per heavy atom. The number of halogens is 1. The molecule has 0 spiro atoms. The summed E-state index contributed by atoms with van der Waals surface area (Å²) in [5.74, 6) is 0. The Labute approximate surface area is 115 Å². The van der Waals surface area contributed by atoms with Gasteiger partial charge in [-0.1, -0.05) is 0 Å². The fraction of sp³-hybridized carbons (Fsp3) is 0.600. The Morgan fingerprint density at radius 2 is 2.12 bits per heavy atom. The summed E-state index contributed by atoms with van der Waals surface area (Å²) < 4.78 is 27.3. The van der Waals surface area contributed by atoms with Crippen LogP contribution in [0.5, 0.6) is 0 Å². The van der Waals surface area contributed by atoms with E-state index in [1.54, 1.807) is 11.4 Å². The molecule has 17 heavy (non-hydrogen) atoms. The van der Waals surface area contributed by atoms with Crippen molar-refractivity contribution in [1.29, 1.82) is 0 Å². The third-order valence-electron chi connectivity index (χ3n) is 2.15. The molecule has 0 radical (unpaired) electrons. The van der Waals surface area contributed by atoms with E-state index in [1.807, 2.05) is 14.1 Å². The molecule has 1 heterocycles. The molecule has 0 aliphatic rings. The van der Waals surface area contributed by atoms with E-state index in [0.29, 0.717) is 15.2 Å². The summed E-state index contributed by atoms with van der Waals surface area (Å²) in [6, 6.07) is 1.74. The van der Waals surface area contributed by atoms with E-state index in [2.05, 4.69) is 25.6 Å². The van der Waals surface area contributed by atoms with Gasteiger partial charge in [0.05, 0.1) is 0 Å². The van der Waals surface area contributed by atoms with Crippen molar-refractivity contribution in [2.24, 2.45) is 0 Å². The first-order valence-electron chi connectivity index (χ1n) is 5.31. The average molecular weight is 341 g/mol. The van der Waals surface area contributed by atoms with Crippen molar-refractivity contribution >= 4 is 37.3 Å². The summed E-state index contributed by atoms with van der Waals surface area (Å²) in [7, 11) is 0.673. The number of hydrogen-bond donors (Lipinski definition) is 1. The molecule has 7 heteroatoms. The Bertz CT molecular complexity index is 443. The van der Waals surface area contributed by atoms with Crippen molar-refractivity contribution in [2.45, 2.75) is 17.1 Å². The highest BCUT2D eigenvalue weighted by Gasteiger charge is 2.18. The summed E-state index contributed by atoms with van der Waals surface area (Å²) in [4.78, 5) is 2.09. The van der Waals surface area contributed by atoms with E-state index in [9.17, 15) is 8.42 Å². The molecule has 0 aliphatic heterocycles. The van der Waals surface area contributed by atoms with Gasteiger partial charge in [0, 0.05) is 11.0 Å². The Morgan fingerprint density at radius 1 is 1.41 bits per heavy atom. The number of nitrogens with one attached hydrogen (secondary N) is 1. The fourth-order valence-corrected chi connectivity index (χ4v) is 4.75. The molecule has 4 nitrogen and oxygen atoms in total. The molecule has 1 rings (SSSR count). The molecule has 0 bridgehead atoms. The van der Waals surface area contributed by atoms with Gasteiger partial charge >= 0.3 is 0 Å². The SMILES string of the molecule is CN(C)CCCCNS(=O)(=O)c1sccc1Br. The van der Waals surface area contributed by atoms with Crippen LogP contribution in [0.4, 0.5) is 0 Å². The molecule has 0 saturated carbocycles. The lowest BCUT2D eigenvalue weighted by Crippen LogP contribution is -2.25. The van der Waals surface area contributed by atoms with Crippen LogP contribution >= 0.6 is 27.3 Å². The number of sulfonamides is 1. The molecule has 0 fully saturated rings. The van der Waals surface area contributed by atoms with Gasteiger partial charge in [-0.3, -0.25) is 0 Å². The zero-order chi connectivity index (χ0) is 12.9. The Hall–Kier alpha value is 0.0500. The molecule has 1 aromatic heterocycles. The first kappa shape index (κ1) is 15.1. The van der Waals surface area contributed by atoms with Crippen molar-refractivity contribution in [1.82, 2.24) is 9.62 Å². The number of unbranched alkanes of at least 4 members (excludes halogenated alkanes) is 1. The third-order valence-corrected chi connectivity index (χ3v) is 6.28. The van der Waals surface area contributed by atoms with Crippen LogP contribution in [0.15, 0.2) is 20.1 Å². The normalized spacial score (nSPS) is 12.2. The van der Waals surface area contributed by atoms with Gasteiger partial charge in [-0.15, -0.1) is 11.3 Å². The lowest BCUT2D eigenvalue weighted by Gasteiger charge is -2.09. The van der Waals surface area contributed by atoms with Crippen LogP contribution < -0.4 is 4.72 Å². The van der Waals surface area contributed by atoms with E-state index in [-0.39, 0.29) is 0 Å². The Balaban J connectivity index is 2.39. The van der Waals surface area contributed by atoms with Crippen LogP contribution in [0.2, 0.25) is 0 Å². The summed E-state index contributed by atoms with van der Waals surface area (Å²) in [6.45, 7) is 1.46. The van der Waals surface area contributed by atoms with Crippen LogP contribution in [0.25, 0.3) is 0 Å². The molecule has 0 atom stereocenters. The molecular formula is C10H17BrN2O2S2. The number of nitrogens with zero attached hydrogens (tertiary/aromatic N) is 1. The molecule has 98 valence electrons. The lowest BCUT2D eigenvalue weighted by molar-refractivity contribution is 0.394. The predicted octanol–water partition coefficient (Wildman–Crippen LogP) is 2.13. The maximum atomic E-state index is 11.9. The quantitative estimate of drug-likeness (QED) is 0.773. The maximum absolute atomic E-state index is 11.9. The van der Waals surface area contributed by atoms with E-state index in [0.717, 1.165) is 19.4 Å². The molecule has 1 aromatic rings. The van der Waals surface area contributed by atoms with Gasteiger partial charge in [-0.05, 0) is 60.9 Å². The molecule has 0 unspecified atom stereocenters. The number of rotatable bonds is 7. The standard InChI is InChI=1S/C10H17BrN2O2S2/c1-13(2)7-4-3-6-12-17(14,15)10-9(11)5-8-16-10/h5,8,12H,3-4,6-7H2,1-2H3. The first-order valence-corrected chi connectivity index (χ1v) is 8.46. The second-order valence-corrected chi connectivity index (χ2v) is 7.70. The summed E-state index contributed by atoms with van der Waals surface area (Å²) in [6.07, 6.45) is 1.83. The molecule has 0 aliphatic carbocycles. The lowest BCUT2D eigenvalue weighted by atomic mass is 10.3. The van der Waals surface area contributed by atoms with Gasteiger partial charge in [-0.2, -0.15) is 0 Å². The van der Waals surface area contributed by atoms with Gasteiger partial charge in [0.25, 0.3) is 10.0 Å². The predicted molar refractivity (Wildman–Crippen MR) is 75.0 cm³/mol. The minimum atomic E-state index is -3.34. The summed E-state index contributed by atoms with van der Waals surface area (Å²) in [5.41, 5.74) is 0. The second kappa shape index (κ2) is 6.84. The van der Waals surface area contributed by atoms with Gasteiger partial charge in [0.1, 0.15) is 4.21 Å². The molecule has 0 aromatic carbocycles. The largest absolute Gasteiger partial charge is 0.309 e. The van der Waals surface area contributed by atoms with Gasteiger partial charge in [0.15, 0.2) is 0 Å². The molecule has 0 amide bonds. The maximum Gasteiger partial charge on any atom is 0.251 e. The van der Waals surface area contributed by atoms with Crippen LogP contribution in [0.3, 0.4) is 0 Å². The first-order chi connectivity index (χ1) is 7.93. The average Bonchev–Trinajstić information content (AvgIpc) is 2.64. The van der Waals surface area contributed by atoms with Crippen molar-refractivity contribution in [3.05, 3.63) is 15.9 Å². The monoisotopic (exact) mass is 340 g/mol. The van der Waals surface area contributed by atoms with Crippen molar-refractivity contribution < 1.29 is 8.42 Å². The highest BCUT2D eigenvalue weighted by molar-refractivity contribution is 9.10. The summed E-state index contributed by atoms with van der Waals surface area (Å²) in [5, 5.41) is 1.75. The molecule has 1 N–H and O–H groups in total. The van der Waals surface area contributed by atoms with E-state index in [1.165, 1.54) is 11.3 Å². The van der Waals surface area contributed by atoms with Crippen LogP contribution in [0.1, 0.15) is 12.8 Å². The van der Waals surface area contributed by atoms with E-state index < -0.39 is 10.0 Å². The molecule has 0 saturated heterocycles. The van der Waals surface area contributed by atoms with E-state index >= 15 is 0 Å². The number of thiophene rings is 1. The van der Waals surface area contributed by atoms with Gasteiger partial charge < -0.3 is 4.90 Å². The highest BCUT2D eigenvalue weighted by atomic mass is 79.9.